The molecule has 0 aliphatic heterocycles. The van der Waals surface area contributed by atoms with Gasteiger partial charge in [0.25, 0.3) is 5.91 Å². The lowest BCUT2D eigenvalue weighted by atomic mass is 10.2. The summed E-state index contributed by atoms with van der Waals surface area (Å²) in [6.45, 7) is 1.39. The molecule has 1 aromatic carbocycles. The van der Waals surface area contributed by atoms with Crippen molar-refractivity contribution in [2.75, 3.05) is 19.9 Å². The van der Waals surface area contributed by atoms with E-state index < -0.39 is 19.2 Å². The molecule has 0 aliphatic rings. The normalized spacial score (nSPS) is 14.4. The van der Waals surface area contributed by atoms with Gasteiger partial charge in [-0.2, -0.15) is 0 Å². The molecule has 7 heteroatoms. The molecule has 1 unspecified atom stereocenters. The number of amides is 1. The first-order valence-corrected chi connectivity index (χ1v) is 8.03. The number of carbonyl (C=O) groups is 2. The van der Waals surface area contributed by atoms with Crippen LogP contribution < -0.4 is 5.32 Å². The van der Waals surface area contributed by atoms with Gasteiger partial charge in [0, 0.05) is 25.5 Å². The maximum Gasteiger partial charge on any atom is 0.352 e. The Morgan fingerprint density at radius 1 is 1.35 bits per heavy atom. The van der Waals surface area contributed by atoms with Gasteiger partial charge in [-0.05, 0) is 18.2 Å². The molecule has 1 rings (SSSR count). The van der Waals surface area contributed by atoms with Crippen molar-refractivity contribution < 1.29 is 23.8 Å². The summed E-state index contributed by atoms with van der Waals surface area (Å²) < 4.78 is 16.5. The number of hydrogen-bond donors (Lipinski definition) is 2. The highest BCUT2D eigenvalue weighted by molar-refractivity contribution is 7.58. The van der Waals surface area contributed by atoms with E-state index in [1.807, 2.05) is 0 Å². The van der Waals surface area contributed by atoms with Crippen LogP contribution in [-0.4, -0.2) is 36.9 Å². The molecule has 0 heterocycles. The summed E-state index contributed by atoms with van der Waals surface area (Å²) in [5.74, 6) is -1.84. The molecular weight excluding hydrogens is 281 g/mol. The average molecular weight is 297 g/mol. The summed E-state index contributed by atoms with van der Waals surface area (Å²) >= 11 is 0. The molecule has 1 amide bonds. The van der Waals surface area contributed by atoms with Gasteiger partial charge in [-0.15, -0.1) is 0 Å². The van der Waals surface area contributed by atoms with E-state index in [-0.39, 0.29) is 11.9 Å². The Balaban J connectivity index is 2.84. The first-order chi connectivity index (χ1) is 9.35. The van der Waals surface area contributed by atoms with Crippen LogP contribution in [-0.2, 0) is 13.9 Å². The number of allylic oxidation sites excluding steroid dienone is 1. The van der Waals surface area contributed by atoms with Crippen molar-refractivity contribution in [3.8, 4) is 0 Å². The van der Waals surface area contributed by atoms with Crippen molar-refractivity contribution in [2.24, 2.45) is 0 Å². The lowest BCUT2D eigenvalue weighted by Crippen LogP contribution is -2.27. The van der Waals surface area contributed by atoms with Gasteiger partial charge < -0.3 is 14.9 Å². The second-order valence-corrected chi connectivity index (χ2v) is 6.88. The molecule has 2 N–H and O–H groups in total. The highest BCUT2D eigenvalue weighted by Crippen LogP contribution is 2.41. The maximum atomic E-state index is 11.8. The van der Waals surface area contributed by atoms with Gasteiger partial charge in [-0.3, -0.25) is 9.36 Å². The first-order valence-electron chi connectivity index (χ1n) is 5.78. The molecule has 0 saturated carbocycles. The minimum Gasteiger partial charge on any atom is -0.477 e. The highest BCUT2D eigenvalue weighted by atomic mass is 31.2. The summed E-state index contributed by atoms with van der Waals surface area (Å²) in [6.07, 6.45) is 1.12. The van der Waals surface area contributed by atoms with Crippen LogP contribution in [0.2, 0.25) is 0 Å². The largest absolute Gasteiger partial charge is 0.477 e. The molecule has 20 heavy (non-hydrogen) atoms. The number of benzene rings is 1. The molecule has 0 bridgehead atoms. The third-order valence-electron chi connectivity index (χ3n) is 2.53. The predicted octanol–water partition coefficient (Wildman–Crippen LogP) is 1.94. The van der Waals surface area contributed by atoms with Crippen LogP contribution >= 0.6 is 7.37 Å². The molecule has 0 spiro atoms. The number of carbonyl (C=O) groups excluding carboxylic acids is 1. The van der Waals surface area contributed by atoms with E-state index in [0.29, 0.717) is 5.56 Å². The molecule has 108 valence electrons. The zero-order chi connectivity index (χ0) is 15.2. The molecule has 1 atom stereocenters. The van der Waals surface area contributed by atoms with Crippen LogP contribution in [0.25, 0.3) is 0 Å². The minimum absolute atomic E-state index is 0.0692. The maximum absolute atomic E-state index is 11.8. The predicted molar refractivity (Wildman–Crippen MR) is 75.0 cm³/mol. The van der Waals surface area contributed by atoms with E-state index >= 15 is 0 Å². The molecule has 0 aromatic heterocycles. The Kier molecular flexibility index (Phi) is 5.67. The van der Waals surface area contributed by atoms with Gasteiger partial charge in [-0.1, -0.05) is 18.2 Å². The van der Waals surface area contributed by atoms with Crippen LogP contribution in [0.5, 0.6) is 0 Å². The van der Waals surface area contributed by atoms with Gasteiger partial charge in [0.2, 0.25) is 7.37 Å². The molecule has 0 saturated heterocycles. The molecule has 0 fully saturated rings. The Hall–Kier alpha value is -1.91. The molecule has 0 aliphatic carbocycles. The van der Waals surface area contributed by atoms with E-state index in [2.05, 4.69) is 5.32 Å². The van der Waals surface area contributed by atoms with Gasteiger partial charge in [-0.25, -0.2) is 4.79 Å². The second-order valence-electron chi connectivity index (χ2n) is 4.12. The fraction of sp³-hybridized carbons (Fsp3) is 0.231. The topological polar surface area (TPSA) is 92.7 Å². The van der Waals surface area contributed by atoms with E-state index in [1.165, 1.54) is 19.9 Å². The minimum atomic E-state index is -2.87. The lowest BCUT2D eigenvalue weighted by molar-refractivity contribution is -0.133. The standard InChI is InChI=1S/C13H16NO5P/c1-19-20(2,18)9-8-11(13(16)17)14-12(15)10-6-4-3-5-7-10/h3-8H,9H2,1-2H3,(H,14,15)(H,16,17)/b11-8-. The third-order valence-corrected chi connectivity index (χ3v) is 4.15. The van der Waals surface area contributed by atoms with Crippen LogP contribution in [0.4, 0.5) is 0 Å². The van der Waals surface area contributed by atoms with Crippen molar-refractivity contribution in [1.82, 2.24) is 5.32 Å². The highest BCUT2D eigenvalue weighted by Gasteiger charge is 2.16. The fourth-order valence-electron chi connectivity index (χ4n) is 1.31. The third kappa shape index (κ3) is 4.99. The molecule has 1 aromatic rings. The smallest absolute Gasteiger partial charge is 0.352 e. The number of rotatable bonds is 6. The van der Waals surface area contributed by atoms with Gasteiger partial charge in [0.05, 0.1) is 0 Å². The average Bonchev–Trinajstić information content (AvgIpc) is 2.43. The Morgan fingerprint density at radius 3 is 2.45 bits per heavy atom. The van der Waals surface area contributed by atoms with E-state index in [0.717, 1.165) is 0 Å². The van der Waals surface area contributed by atoms with Crippen LogP contribution in [0.3, 0.4) is 0 Å². The van der Waals surface area contributed by atoms with Crippen molar-refractivity contribution in [3.05, 3.63) is 47.7 Å². The second kappa shape index (κ2) is 7.03. The van der Waals surface area contributed by atoms with Gasteiger partial charge in [0.15, 0.2) is 0 Å². The summed E-state index contributed by atoms with van der Waals surface area (Å²) in [5.41, 5.74) is 0.0176. The van der Waals surface area contributed by atoms with Crippen molar-refractivity contribution in [2.45, 2.75) is 0 Å². The van der Waals surface area contributed by atoms with Crippen molar-refractivity contribution in [1.29, 1.82) is 0 Å². The monoisotopic (exact) mass is 297 g/mol. The van der Waals surface area contributed by atoms with Gasteiger partial charge in [0.1, 0.15) is 5.70 Å². The summed E-state index contributed by atoms with van der Waals surface area (Å²) in [5, 5.41) is 11.3. The molecular formula is C13H16NO5P. The Morgan fingerprint density at radius 2 is 1.95 bits per heavy atom. The first kappa shape index (κ1) is 16.1. The van der Waals surface area contributed by atoms with Crippen LogP contribution in [0.15, 0.2) is 42.1 Å². The molecule has 0 radical (unpaired) electrons. The number of carboxylic acid groups (broad SMARTS) is 1. The zero-order valence-corrected chi connectivity index (χ0v) is 12.1. The zero-order valence-electron chi connectivity index (χ0n) is 11.2. The Labute approximate surface area is 116 Å². The number of aliphatic carboxylic acids is 1. The summed E-state index contributed by atoms with van der Waals surface area (Å²) in [4.78, 5) is 22.9. The van der Waals surface area contributed by atoms with Crippen molar-refractivity contribution in [3.63, 3.8) is 0 Å². The van der Waals surface area contributed by atoms with E-state index in [4.69, 9.17) is 9.63 Å². The van der Waals surface area contributed by atoms with Crippen molar-refractivity contribution >= 4 is 19.2 Å². The van der Waals surface area contributed by atoms with Gasteiger partial charge >= 0.3 is 5.97 Å². The Bertz CT molecular complexity index is 567. The van der Waals surface area contributed by atoms with Crippen LogP contribution in [0, 0.1) is 0 Å². The van der Waals surface area contributed by atoms with Crippen LogP contribution in [0.1, 0.15) is 10.4 Å². The SMILES string of the molecule is COP(C)(=O)C/C=C(\NC(=O)c1ccccc1)C(=O)O. The quantitative estimate of drug-likeness (QED) is 0.618. The fourth-order valence-corrected chi connectivity index (χ4v) is 1.97. The summed E-state index contributed by atoms with van der Waals surface area (Å²) in [6, 6.07) is 8.22. The molecule has 6 nitrogen and oxygen atoms in total. The van der Waals surface area contributed by atoms with E-state index in [9.17, 15) is 14.2 Å². The summed E-state index contributed by atoms with van der Waals surface area (Å²) in [7, 11) is -1.58. The number of carboxylic acids is 1. The lowest BCUT2D eigenvalue weighted by Gasteiger charge is -2.09. The van der Waals surface area contributed by atoms with E-state index in [1.54, 1.807) is 30.3 Å². The number of hydrogen-bond acceptors (Lipinski definition) is 4. The number of nitrogens with one attached hydrogen (secondary N) is 1.